The maximum absolute atomic E-state index is 13.7. The number of ketones is 1. The third-order valence-electron chi connectivity index (χ3n) is 6.77. The lowest BCUT2D eigenvalue weighted by molar-refractivity contribution is -0.118. The van der Waals surface area contributed by atoms with Crippen LogP contribution in [0.4, 0.5) is 10.8 Å². The Labute approximate surface area is 253 Å². The van der Waals surface area contributed by atoms with Crippen LogP contribution in [-0.4, -0.2) is 27.6 Å². The highest BCUT2D eigenvalue weighted by atomic mass is 79.9. The van der Waals surface area contributed by atoms with Crippen molar-refractivity contribution in [3.8, 4) is 12.1 Å². The van der Waals surface area contributed by atoms with Crippen LogP contribution in [-0.2, 0) is 9.59 Å². The second-order valence-electron chi connectivity index (χ2n) is 10.4. The van der Waals surface area contributed by atoms with Crippen molar-refractivity contribution >= 4 is 61.5 Å². The molecule has 1 atom stereocenters. The van der Waals surface area contributed by atoms with Crippen molar-refractivity contribution in [2.75, 3.05) is 16.0 Å². The number of nitrogens with one attached hydrogen (secondary N) is 1. The lowest BCUT2D eigenvalue weighted by Gasteiger charge is -2.42. The highest BCUT2D eigenvalue weighted by Gasteiger charge is 2.45. The molecule has 0 saturated heterocycles. The Morgan fingerprint density at radius 3 is 2.63 bits per heavy atom. The van der Waals surface area contributed by atoms with E-state index in [-0.39, 0.29) is 34.3 Å². The van der Waals surface area contributed by atoms with Crippen LogP contribution in [0.2, 0.25) is 0 Å². The van der Waals surface area contributed by atoms with Crippen LogP contribution >= 0.6 is 39.0 Å². The second kappa shape index (κ2) is 11.5. The van der Waals surface area contributed by atoms with Crippen molar-refractivity contribution in [2.24, 2.45) is 11.1 Å². The molecule has 1 unspecified atom stereocenters. The van der Waals surface area contributed by atoms with E-state index >= 15 is 0 Å². The zero-order valence-corrected chi connectivity index (χ0v) is 25.4. The summed E-state index contributed by atoms with van der Waals surface area (Å²) < 4.78 is 1.38. The number of nitrogens with two attached hydrogens (primary N) is 1. The minimum absolute atomic E-state index is 0.0231. The number of allylic oxidation sites excluding steroid dienone is 3. The number of benzene rings is 2. The van der Waals surface area contributed by atoms with Crippen molar-refractivity contribution in [2.45, 2.75) is 36.9 Å². The first-order valence-corrected chi connectivity index (χ1v) is 15.2. The van der Waals surface area contributed by atoms with Gasteiger partial charge in [0.1, 0.15) is 5.82 Å². The number of carbonyl (C=O) groups excluding carboxylic acids is 2. The van der Waals surface area contributed by atoms with Crippen molar-refractivity contribution in [3.05, 3.63) is 86.8 Å². The van der Waals surface area contributed by atoms with Crippen LogP contribution in [0.15, 0.2) is 80.0 Å². The number of thioether (sulfide) groups is 1. The number of hydrogen-bond acceptors (Lipinski definition) is 10. The molecule has 0 fully saturated rings. The molecule has 1 amide bonds. The Bertz CT molecular complexity index is 1700. The fraction of sp³-hybridized carbons (Fsp3) is 0.241. The Kier molecular flexibility index (Phi) is 8.00. The summed E-state index contributed by atoms with van der Waals surface area (Å²) in [5, 5.41) is 31.0. The maximum Gasteiger partial charge on any atom is 0.234 e. The molecule has 0 bridgehead atoms. The minimum Gasteiger partial charge on any atom is -0.384 e. The number of Topliss-reactive ketones (excluding diaryl/α,β-unsaturated/α-hetero) is 1. The minimum atomic E-state index is -0.583. The van der Waals surface area contributed by atoms with E-state index in [1.165, 1.54) is 23.1 Å². The van der Waals surface area contributed by atoms with E-state index in [4.69, 9.17) is 11.0 Å². The van der Waals surface area contributed by atoms with Crippen molar-refractivity contribution in [1.82, 2.24) is 10.2 Å². The number of nitrogens with zero attached hydrogens (tertiary/aromatic N) is 5. The first kappa shape index (κ1) is 28.6. The number of rotatable bonds is 6. The molecule has 41 heavy (non-hydrogen) atoms. The Morgan fingerprint density at radius 2 is 1.95 bits per heavy atom. The molecule has 1 aliphatic heterocycles. The molecular formula is C29H24BrN7O2S2. The van der Waals surface area contributed by atoms with E-state index in [0.29, 0.717) is 39.1 Å². The summed E-state index contributed by atoms with van der Waals surface area (Å²) in [4.78, 5) is 27.9. The van der Waals surface area contributed by atoms with Gasteiger partial charge in [-0.05, 0) is 53.8 Å². The number of amides is 1. The van der Waals surface area contributed by atoms with Crippen molar-refractivity contribution in [3.63, 3.8) is 0 Å². The molecule has 0 spiro atoms. The molecule has 2 heterocycles. The van der Waals surface area contributed by atoms with Gasteiger partial charge >= 0.3 is 0 Å². The third-order valence-corrected chi connectivity index (χ3v) is 9.31. The summed E-state index contributed by atoms with van der Waals surface area (Å²) in [6.45, 7) is 4.07. The number of halogens is 1. The molecule has 3 N–H and O–H groups in total. The van der Waals surface area contributed by atoms with E-state index < -0.39 is 5.92 Å². The molecular weight excluding hydrogens is 622 g/mol. The molecule has 3 aromatic rings. The Balaban J connectivity index is 1.44. The maximum atomic E-state index is 13.7. The molecule has 2 aromatic carbocycles. The van der Waals surface area contributed by atoms with Crippen molar-refractivity contribution in [1.29, 1.82) is 10.5 Å². The molecule has 12 heteroatoms. The number of hydrogen-bond donors (Lipinski definition) is 2. The summed E-state index contributed by atoms with van der Waals surface area (Å²) in [6, 6.07) is 18.5. The third kappa shape index (κ3) is 5.91. The van der Waals surface area contributed by atoms with E-state index in [1.807, 2.05) is 44.2 Å². The largest absolute Gasteiger partial charge is 0.384 e. The van der Waals surface area contributed by atoms with Crippen molar-refractivity contribution < 1.29 is 9.59 Å². The van der Waals surface area contributed by atoms with E-state index in [0.717, 1.165) is 15.7 Å². The van der Waals surface area contributed by atoms with Gasteiger partial charge in [0.25, 0.3) is 0 Å². The average Bonchev–Trinajstić information content (AvgIpc) is 3.39. The standard InChI is InChI=1S/C29H24BrN7O2S2/c1-29(2)11-21-25(22(38)12-29)24(17-4-3-5-18(30)10-17)20(14-32)26(33)37(21)27-35-36-28(41-27)40-15-23(39)34-19-8-6-16(13-31)7-9-19/h3-10,24H,11-12,15,33H2,1-2H3,(H,34,39). The first-order valence-electron chi connectivity index (χ1n) is 12.6. The predicted octanol–water partition coefficient (Wildman–Crippen LogP) is 5.84. The molecule has 0 saturated carbocycles. The van der Waals surface area contributed by atoms with Crippen LogP contribution in [0.25, 0.3) is 0 Å². The summed E-state index contributed by atoms with van der Waals surface area (Å²) in [7, 11) is 0. The molecule has 2 aliphatic rings. The van der Waals surface area contributed by atoms with Gasteiger partial charge in [0.2, 0.25) is 11.0 Å². The number of anilines is 2. The molecule has 9 nitrogen and oxygen atoms in total. The Hall–Kier alpha value is -3.97. The van der Waals surface area contributed by atoms with Gasteiger partial charge in [-0.1, -0.05) is 65.0 Å². The Morgan fingerprint density at radius 1 is 1.20 bits per heavy atom. The van der Waals surface area contributed by atoms with Gasteiger partial charge in [-0.2, -0.15) is 10.5 Å². The summed E-state index contributed by atoms with van der Waals surface area (Å²) in [5.41, 5.74) is 9.83. The molecule has 0 radical (unpaired) electrons. The molecule has 1 aromatic heterocycles. The van der Waals surface area contributed by atoms with Gasteiger partial charge in [0.05, 0.1) is 34.9 Å². The molecule has 1 aliphatic carbocycles. The number of carbonyl (C=O) groups is 2. The molecule has 206 valence electrons. The van der Waals surface area contributed by atoms with E-state index in [9.17, 15) is 14.9 Å². The molecule has 5 rings (SSSR count). The summed E-state index contributed by atoms with van der Waals surface area (Å²) in [5.74, 6) is -0.534. The van der Waals surface area contributed by atoms with E-state index in [1.54, 1.807) is 29.2 Å². The predicted molar refractivity (Wildman–Crippen MR) is 162 cm³/mol. The fourth-order valence-corrected chi connectivity index (χ4v) is 7.15. The van der Waals surface area contributed by atoms with Crippen LogP contribution in [0.1, 0.15) is 43.7 Å². The van der Waals surface area contributed by atoms with Crippen LogP contribution in [0.3, 0.4) is 0 Å². The van der Waals surface area contributed by atoms with Crippen LogP contribution < -0.4 is 16.0 Å². The average molecular weight is 647 g/mol. The smallest absolute Gasteiger partial charge is 0.234 e. The van der Waals surface area contributed by atoms with Crippen LogP contribution in [0.5, 0.6) is 0 Å². The van der Waals surface area contributed by atoms with Gasteiger partial charge in [-0.15, -0.1) is 10.2 Å². The quantitative estimate of drug-likeness (QED) is 0.315. The van der Waals surface area contributed by atoms with E-state index in [2.05, 4.69) is 37.5 Å². The normalized spacial score (nSPS) is 18.0. The number of aromatic nitrogens is 2. The summed E-state index contributed by atoms with van der Waals surface area (Å²) >= 11 is 5.97. The SMILES string of the molecule is CC1(C)CC(=O)C2=C(C1)N(c1nnc(SCC(=O)Nc3ccc(C#N)cc3)s1)C(N)=C(C#N)C2c1cccc(Br)c1. The van der Waals surface area contributed by atoms with Gasteiger partial charge in [0, 0.05) is 27.9 Å². The zero-order valence-electron chi connectivity index (χ0n) is 22.1. The lowest BCUT2D eigenvalue weighted by Crippen LogP contribution is -2.42. The zero-order chi connectivity index (χ0) is 29.3. The van der Waals surface area contributed by atoms with Gasteiger partial charge in [0.15, 0.2) is 10.1 Å². The highest BCUT2D eigenvalue weighted by Crippen LogP contribution is 2.50. The first-order chi connectivity index (χ1) is 19.6. The topological polar surface area (TPSA) is 149 Å². The second-order valence-corrected chi connectivity index (χ2v) is 13.5. The number of nitriles is 2. The van der Waals surface area contributed by atoms with Gasteiger partial charge < -0.3 is 11.1 Å². The van der Waals surface area contributed by atoms with Gasteiger partial charge in [-0.3, -0.25) is 14.5 Å². The monoisotopic (exact) mass is 645 g/mol. The fourth-order valence-electron chi connectivity index (χ4n) is 5.05. The summed E-state index contributed by atoms with van der Waals surface area (Å²) in [6.07, 6.45) is 0.918. The van der Waals surface area contributed by atoms with Gasteiger partial charge in [-0.25, -0.2) is 0 Å². The highest BCUT2D eigenvalue weighted by molar-refractivity contribution is 9.10. The van der Waals surface area contributed by atoms with Crippen LogP contribution in [0, 0.1) is 28.1 Å². The lowest BCUT2D eigenvalue weighted by atomic mass is 9.69.